The molecule has 6 nitrogen and oxygen atoms in total. The minimum atomic E-state index is -0.437. The lowest BCUT2D eigenvalue weighted by Crippen LogP contribution is -2.42. The summed E-state index contributed by atoms with van der Waals surface area (Å²) in [5, 5.41) is 4.32. The number of benzene rings is 3. The monoisotopic (exact) mass is 414 g/mol. The van der Waals surface area contributed by atoms with E-state index in [0.717, 1.165) is 22.3 Å². The molecular weight excluding hydrogens is 395 g/mol. The molecule has 3 aromatic carbocycles. The second kappa shape index (κ2) is 9.04. The molecule has 4 aromatic rings. The first kappa shape index (κ1) is 20.0. The molecule has 0 aliphatic heterocycles. The summed E-state index contributed by atoms with van der Waals surface area (Å²) in [6.45, 7) is 0. The van der Waals surface area contributed by atoms with Crippen molar-refractivity contribution < 1.29 is 14.0 Å². The number of hydrazine groups is 1. The zero-order chi connectivity index (χ0) is 21.6. The minimum Gasteiger partial charge on any atom is -0.355 e. The van der Waals surface area contributed by atoms with Gasteiger partial charge in [0.15, 0.2) is 0 Å². The number of amides is 2. The van der Waals surface area contributed by atoms with Crippen molar-refractivity contribution in [2.75, 3.05) is 5.32 Å². The molecule has 0 spiro atoms. The van der Waals surface area contributed by atoms with Gasteiger partial charge in [-0.1, -0.05) is 30.3 Å². The van der Waals surface area contributed by atoms with Gasteiger partial charge in [0.25, 0.3) is 5.91 Å². The maximum Gasteiger partial charge on any atom is 0.269 e. The summed E-state index contributed by atoms with van der Waals surface area (Å²) in [4.78, 5) is 28.6. The number of fused-ring (bicyclic) bond motifs is 1. The lowest BCUT2D eigenvalue weighted by molar-refractivity contribution is -0.121. The Labute approximate surface area is 178 Å². The van der Waals surface area contributed by atoms with Crippen molar-refractivity contribution in [1.29, 1.82) is 0 Å². The normalized spacial score (nSPS) is 10.5. The first-order chi connectivity index (χ1) is 15.1. The van der Waals surface area contributed by atoms with Crippen LogP contribution < -0.4 is 16.2 Å². The zero-order valence-corrected chi connectivity index (χ0v) is 16.4. The predicted octanol–water partition coefficient (Wildman–Crippen LogP) is 4.12. The van der Waals surface area contributed by atoms with E-state index in [0.29, 0.717) is 11.1 Å². The summed E-state index contributed by atoms with van der Waals surface area (Å²) in [7, 11) is 0. The number of hydrogen-bond donors (Lipinski definition) is 3. The molecule has 0 saturated heterocycles. The van der Waals surface area contributed by atoms with Gasteiger partial charge in [-0.3, -0.25) is 25.4 Å². The van der Waals surface area contributed by atoms with Crippen LogP contribution in [0.4, 0.5) is 15.8 Å². The molecule has 1 heterocycles. The van der Waals surface area contributed by atoms with Crippen molar-refractivity contribution in [1.82, 2.24) is 15.8 Å². The van der Waals surface area contributed by atoms with Gasteiger partial charge in [0.1, 0.15) is 5.82 Å². The molecule has 4 rings (SSSR count). The lowest BCUT2D eigenvalue weighted by Gasteiger charge is -2.11. The summed E-state index contributed by atoms with van der Waals surface area (Å²) in [6, 6.07) is 22.2. The van der Waals surface area contributed by atoms with Crippen LogP contribution in [0.1, 0.15) is 15.9 Å². The molecular formula is C24H19FN4O2. The van der Waals surface area contributed by atoms with E-state index in [4.69, 9.17) is 0 Å². The van der Waals surface area contributed by atoms with Gasteiger partial charge in [0.2, 0.25) is 5.91 Å². The highest BCUT2D eigenvalue weighted by Crippen LogP contribution is 2.24. The Morgan fingerprint density at radius 1 is 0.839 bits per heavy atom. The molecule has 154 valence electrons. The second-order valence-electron chi connectivity index (χ2n) is 6.88. The van der Waals surface area contributed by atoms with E-state index in [-0.39, 0.29) is 12.2 Å². The highest BCUT2D eigenvalue weighted by atomic mass is 19.1. The van der Waals surface area contributed by atoms with Gasteiger partial charge in [0.05, 0.1) is 11.9 Å². The standard InChI is InChI=1S/C24H19FN4O2/c25-18-9-5-16(6-10-18)15-23(30)28-29-24(31)17-7-11-19(12-8-17)27-22-13-14-26-21-4-2-1-3-20(21)22/h1-14H,15H2,(H,26,27)(H,28,30)(H,29,31). The third-order valence-electron chi connectivity index (χ3n) is 4.67. The van der Waals surface area contributed by atoms with E-state index < -0.39 is 11.8 Å². The minimum absolute atomic E-state index is 0.0311. The van der Waals surface area contributed by atoms with Crippen molar-refractivity contribution in [3.8, 4) is 0 Å². The molecule has 0 aliphatic rings. The Morgan fingerprint density at radius 2 is 1.58 bits per heavy atom. The number of aromatic nitrogens is 1. The molecule has 0 saturated carbocycles. The first-order valence-electron chi connectivity index (χ1n) is 9.63. The number of carbonyl (C=O) groups is 2. The first-order valence-corrected chi connectivity index (χ1v) is 9.63. The van der Waals surface area contributed by atoms with Gasteiger partial charge in [-0.05, 0) is 54.1 Å². The van der Waals surface area contributed by atoms with Crippen LogP contribution in [0.2, 0.25) is 0 Å². The maximum absolute atomic E-state index is 12.9. The quantitative estimate of drug-likeness (QED) is 0.429. The van der Waals surface area contributed by atoms with Crippen molar-refractivity contribution in [3.63, 3.8) is 0 Å². The highest BCUT2D eigenvalue weighted by molar-refractivity contribution is 5.96. The SMILES string of the molecule is O=C(Cc1ccc(F)cc1)NNC(=O)c1ccc(Nc2ccnc3ccccc23)cc1. The molecule has 31 heavy (non-hydrogen) atoms. The molecule has 0 bridgehead atoms. The Kier molecular flexibility index (Phi) is 5.84. The Hall–Kier alpha value is -4.26. The summed E-state index contributed by atoms with van der Waals surface area (Å²) >= 11 is 0. The summed E-state index contributed by atoms with van der Waals surface area (Å²) in [6.07, 6.45) is 1.77. The molecule has 0 unspecified atom stereocenters. The number of nitrogens with one attached hydrogen (secondary N) is 3. The summed E-state index contributed by atoms with van der Waals surface area (Å²) in [5.41, 5.74) is 8.40. The van der Waals surface area contributed by atoms with E-state index in [1.165, 1.54) is 24.3 Å². The smallest absolute Gasteiger partial charge is 0.269 e. The number of anilines is 2. The third-order valence-corrected chi connectivity index (χ3v) is 4.67. The molecule has 0 fully saturated rings. The Bertz CT molecular complexity index is 1220. The predicted molar refractivity (Wildman–Crippen MR) is 117 cm³/mol. The number of pyridine rings is 1. The molecule has 2 amide bonds. The second-order valence-corrected chi connectivity index (χ2v) is 6.88. The number of para-hydroxylation sites is 1. The summed E-state index contributed by atoms with van der Waals surface area (Å²) < 4.78 is 12.9. The number of hydrogen-bond acceptors (Lipinski definition) is 4. The zero-order valence-electron chi connectivity index (χ0n) is 16.4. The van der Waals surface area contributed by atoms with Gasteiger partial charge in [-0.15, -0.1) is 0 Å². The van der Waals surface area contributed by atoms with Crippen molar-refractivity contribution in [2.45, 2.75) is 6.42 Å². The third kappa shape index (κ3) is 5.02. The van der Waals surface area contributed by atoms with Crippen molar-refractivity contribution >= 4 is 34.1 Å². The largest absolute Gasteiger partial charge is 0.355 e. The number of halogens is 1. The van der Waals surface area contributed by atoms with E-state index in [1.54, 1.807) is 30.5 Å². The van der Waals surface area contributed by atoms with Crippen LogP contribution in [0.15, 0.2) is 85.1 Å². The van der Waals surface area contributed by atoms with Gasteiger partial charge < -0.3 is 5.32 Å². The van der Waals surface area contributed by atoms with Crippen LogP contribution in [0.3, 0.4) is 0 Å². The van der Waals surface area contributed by atoms with E-state index in [9.17, 15) is 14.0 Å². The van der Waals surface area contributed by atoms with Crippen LogP contribution in [0.5, 0.6) is 0 Å². The average Bonchev–Trinajstić information content (AvgIpc) is 2.80. The molecule has 3 N–H and O–H groups in total. The van der Waals surface area contributed by atoms with Crippen LogP contribution >= 0.6 is 0 Å². The van der Waals surface area contributed by atoms with Gasteiger partial charge >= 0.3 is 0 Å². The van der Waals surface area contributed by atoms with Crippen LogP contribution in [0.25, 0.3) is 10.9 Å². The molecule has 1 aromatic heterocycles. The molecule has 7 heteroatoms. The fourth-order valence-electron chi connectivity index (χ4n) is 3.10. The fraction of sp³-hybridized carbons (Fsp3) is 0.0417. The molecule has 0 atom stereocenters. The van der Waals surface area contributed by atoms with E-state index in [1.807, 2.05) is 30.3 Å². The highest BCUT2D eigenvalue weighted by Gasteiger charge is 2.09. The van der Waals surface area contributed by atoms with E-state index >= 15 is 0 Å². The number of rotatable bonds is 5. The van der Waals surface area contributed by atoms with Crippen molar-refractivity contribution in [3.05, 3.63) is 102 Å². The topological polar surface area (TPSA) is 83.1 Å². The maximum atomic E-state index is 12.9. The van der Waals surface area contributed by atoms with Crippen LogP contribution in [-0.4, -0.2) is 16.8 Å². The Morgan fingerprint density at radius 3 is 2.35 bits per heavy atom. The Balaban J connectivity index is 1.34. The van der Waals surface area contributed by atoms with E-state index in [2.05, 4.69) is 21.2 Å². The average molecular weight is 414 g/mol. The van der Waals surface area contributed by atoms with Crippen LogP contribution in [0, 0.1) is 5.82 Å². The number of carbonyl (C=O) groups excluding carboxylic acids is 2. The van der Waals surface area contributed by atoms with Gasteiger partial charge in [-0.25, -0.2) is 4.39 Å². The lowest BCUT2D eigenvalue weighted by atomic mass is 10.1. The molecule has 0 aliphatic carbocycles. The fourth-order valence-corrected chi connectivity index (χ4v) is 3.10. The molecule has 0 radical (unpaired) electrons. The van der Waals surface area contributed by atoms with Gasteiger partial charge in [-0.2, -0.15) is 0 Å². The number of nitrogens with zero attached hydrogens (tertiary/aromatic N) is 1. The van der Waals surface area contributed by atoms with Crippen molar-refractivity contribution in [2.24, 2.45) is 0 Å². The van der Waals surface area contributed by atoms with Gasteiger partial charge in [0, 0.05) is 28.5 Å². The van der Waals surface area contributed by atoms with Crippen LogP contribution in [-0.2, 0) is 11.2 Å². The summed E-state index contributed by atoms with van der Waals surface area (Å²) in [5.74, 6) is -1.20.